The van der Waals surface area contributed by atoms with Crippen molar-refractivity contribution < 1.29 is 0 Å². The van der Waals surface area contributed by atoms with Gasteiger partial charge in [-0.05, 0) is 52.5 Å². The van der Waals surface area contributed by atoms with Crippen molar-refractivity contribution in [3.8, 4) is 0 Å². The summed E-state index contributed by atoms with van der Waals surface area (Å²) in [5.41, 5.74) is 6.79. The predicted octanol–water partition coefficient (Wildman–Crippen LogP) is 3.30. The molecule has 2 heteroatoms. The van der Waals surface area contributed by atoms with E-state index in [1.165, 1.54) is 64.3 Å². The second-order valence-corrected chi connectivity index (χ2v) is 6.61. The van der Waals surface area contributed by atoms with Crippen molar-refractivity contribution in [1.82, 2.24) is 4.90 Å². The van der Waals surface area contributed by atoms with E-state index in [4.69, 9.17) is 5.73 Å². The van der Waals surface area contributed by atoms with E-state index in [-0.39, 0.29) is 5.54 Å². The van der Waals surface area contributed by atoms with Crippen molar-refractivity contribution in [3.05, 3.63) is 0 Å². The largest absolute Gasteiger partial charge is 0.325 e. The SMILES string of the molecule is CC(C)N1CCCCC1CC1(N)CCCCC1. The molecule has 1 atom stereocenters. The van der Waals surface area contributed by atoms with Gasteiger partial charge in [-0.3, -0.25) is 4.90 Å². The summed E-state index contributed by atoms with van der Waals surface area (Å²) in [6.45, 7) is 5.96. The third-order valence-corrected chi connectivity index (χ3v) is 4.83. The summed E-state index contributed by atoms with van der Waals surface area (Å²) < 4.78 is 0. The third-order valence-electron chi connectivity index (χ3n) is 4.83. The number of hydrogen-bond acceptors (Lipinski definition) is 2. The Hall–Kier alpha value is -0.0800. The van der Waals surface area contributed by atoms with Gasteiger partial charge in [-0.25, -0.2) is 0 Å². The van der Waals surface area contributed by atoms with Crippen molar-refractivity contribution in [1.29, 1.82) is 0 Å². The Morgan fingerprint density at radius 1 is 1.12 bits per heavy atom. The van der Waals surface area contributed by atoms with Crippen LogP contribution >= 0.6 is 0 Å². The highest BCUT2D eigenvalue weighted by atomic mass is 15.2. The van der Waals surface area contributed by atoms with E-state index in [1.54, 1.807) is 0 Å². The number of nitrogens with two attached hydrogens (primary N) is 1. The zero-order valence-corrected chi connectivity index (χ0v) is 11.8. The number of hydrogen-bond donors (Lipinski definition) is 1. The molecule has 0 aromatic rings. The van der Waals surface area contributed by atoms with Crippen LogP contribution in [0.5, 0.6) is 0 Å². The van der Waals surface area contributed by atoms with E-state index in [1.807, 2.05) is 0 Å². The summed E-state index contributed by atoms with van der Waals surface area (Å²) in [4.78, 5) is 2.70. The van der Waals surface area contributed by atoms with E-state index in [2.05, 4.69) is 18.7 Å². The van der Waals surface area contributed by atoms with E-state index in [0.29, 0.717) is 6.04 Å². The van der Waals surface area contributed by atoms with Gasteiger partial charge in [0.25, 0.3) is 0 Å². The molecule has 2 rings (SSSR count). The lowest BCUT2D eigenvalue weighted by molar-refractivity contribution is 0.0788. The third kappa shape index (κ3) is 3.45. The van der Waals surface area contributed by atoms with Gasteiger partial charge < -0.3 is 5.73 Å². The topological polar surface area (TPSA) is 29.3 Å². The quantitative estimate of drug-likeness (QED) is 0.817. The molecule has 2 fully saturated rings. The minimum Gasteiger partial charge on any atom is -0.325 e. The fourth-order valence-corrected chi connectivity index (χ4v) is 3.85. The molecule has 1 saturated carbocycles. The van der Waals surface area contributed by atoms with Crippen LogP contribution in [0.15, 0.2) is 0 Å². The highest BCUT2D eigenvalue weighted by Gasteiger charge is 2.34. The van der Waals surface area contributed by atoms with Crippen molar-refractivity contribution >= 4 is 0 Å². The molecule has 0 spiro atoms. The Kier molecular flexibility index (Phi) is 4.48. The fraction of sp³-hybridized carbons (Fsp3) is 1.00. The molecule has 0 aromatic heterocycles. The van der Waals surface area contributed by atoms with Crippen molar-refractivity contribution in [2.45, 2.75) is 89.3 Å². The molecule has 2 N–H and O–H groups in total. The van der Waals surface area contributed by atoms with Crippen molar-refractivity contribution in [2.24, 2.45) is 5.73 Å². The summed E-state index contributed by atoms with van der Waals surface area (Å²) in [6, 6.07) is 1.44. The maximum Gasteiger partial charge on any atom is 0.0169 e. The minimum absolute atomic E-state index is 0.160. The number of likely N-dealkylation sites (tertiary alicyclic amines) is 1. The second kappa shape index (κ2) is 5.71. The Morgan fingerprint density at radius 3 is 2.47 bits per heavy atom. The summed E-state index contributed by atoms with van der Waals surface area (Å²) in [6.07, 6.45) is 12.0. The van der Waals surface area contributed by atoms with Crippen LogP contribution in [0.1, 0.15) is 71.6 Å². The van der Waals surface area contributed by atoms with Gasteiger partial charge >= 0.3 is 0 Å². The van der Waals surface area contributed by atoms with Crippen LogP contribution in [0.2, 0.25) is 0 Å². The first-order chi connectivity index (χ1) is 8.11. The molecule has 1 heterocycles. The molecule has 2 nitrogen and oxygen atoms in total. The highest BCUT2D eigenvalue weighted by Crippen LogP contribution is 2.33. The summed E-state index contributed by atoms with van der Waals surface area (Å²) >= 11 is 0. The maximum absolute atomic E-state index is 6.63. The van der Waals surface area contributed by atoms with Gasteiger partial charge in [0.2, 0.25) is 0 Å². The molecule has 17 heavy (non-hydrogen) atoms. The summed E-state index contributed by atoms with van der Waals surface area (Å²) in [5.74, 6) is 0. The Labute approximate surface area is 107 Å². The van der Waals surface area contributed by atoms with Gasteiger partial charge in [-0.15, -0.1) is 0 Å². The van der Waals surface area contributed by atoms with Crippen LogP contribution in [0, 0.1) is 0 Å². The maximum atomic E-state index is 6.63. The predicted molar refractivity (Wildman–Crippen MR) is 74.1 cm³/mol. The molecular weight excluding hydrogens is 208 g/mol. The van der Waals surface area contributed by atoms with Crippen LogP contribution in [-0.2, 0) is 0 Å². The first-order valence-electron chi connectivity index (χ1n) is 7.65. The molecule has 0 aromatic carbocycles. The molecular formula is C15H30N2. The lowest BCUT2D eigenvalue weighted by atomic mass is 9.76. The highest BCUT2D eigenvalue weighted by molar-refractivity contribution is 4.93. The standard InChI is InChI=1S/C15H30N2/c1-13(2)17-11-7-4-8-14(17)12-15(16)9-5-3-6-10-15/h13-14H,3-12,16H2,1-2H3. The van der Waals surface area contributed by atoms with Crippen LogP contribution in [-0.4, -0.2) is 29.1 Å². The van der Waals surface area contributed by atoms with Crippen LogP contribution < -0.4 is 5.73 Å². The van der Waals surface area contributed by atoms with E-state index in [9.17, 15) is 0 Å². The smallest absolute Gasteiger partial charge is 0.0169 e. The van der Waals surface area contributed by atoms with Crippen LogP contribution in [0.3, 0.4) is 0 Å². The second-order valence-electron chi connectivity index (χ2n) is 6.61. The molecule has 2 aliphatic rings. The van der Waals surface area contributed by atoms with E-state index >= 15 is 0 Å². The van der Waals surface area contributed by atoms with Gasteiger partial charge in [0.05, 0.1) is 0 Å². The van der Waals surface area contributed by atoms with Gasteiger partial charge in [-0.2, -0.15) is 0 Å². The lowest BCUT2D eigenvalue weighted by Crippen LogP contribution is -2.52. The van der Waals surface area contributed by atoms with E-state index in [0.717, 1.165) is 6.04 Å². The minimum atomic E-state index is 0.160. The number of nitrogens with zero attached hydrogens (tertiary/aromatic N) is 1. The average Bonchev–Trinajstić information content (AvgIpc) is 2.29. The molecule has 100 valence electrons. The van der Waals surface area contributed by atoms with Gasteiger partial charge in [0.15, 0.2) is 0 Å². The van der Waals surface area contributed by atoms with Gasteiger partial charge in [0, 0.05) is 17.6 Å². The fourth-order valence-electron chi connectivity index (χ4n) is 3.85. The average molecular weight is 238 g/mol. The molecule has 0 amide bonds. The number of rotatable bonds is 3. The van der Waals surface area contributed by atoms with Gasteiger partial charge in [-0.1, -0.05) is 25.7 Å². The van der Waals surface area contributed by atoms with Crippen molar-refractivity contribution in [3.63, 3.8) is 0 Å². The Bertz CT molecular complexity index is 231. The zero-order chi connectivity index (χ0) is 12.3. The van der Waals surface area contributed by atoms with Crippen LogP contribution in [0.25, 0.3) is 0 Å². The van der Waals surface area contributed by atoms with Crippen LogP contribution in [0.4, 0.5) is 0 Å². The molecule has 1 unspecified atom stereocenters. The summed E-state index contributed by atoms with van der Waals surface area (Å²) in [7, 11) is 0. The van der Waals surface area contributed by atoms with Gasteiger partial charge in [0.1, 0.15) is 0 Å². The monoisotopic (exact) mass is 238 g/mol. The Balaban J connectivity index is 1.94. The normalized spacial score (nSPS) is 30.7. The Morgan fingerprint density at radius 2 is 1.82 bits per heavy atom. The lowest BCUT2D eigenvalue weighted by Gasteiger charge is -2.44. The summed E-state index contributed by atoms with van der Waals surface area (Å²) in [5, 5.41) is 0. The van der Waals surface area contributed by atoms with E-state index < -0.39 is 0 Å². The first-order valence-corrected chi connectivity index (χ1v) is 7.65. The molecule has 0 radical (unpaired) electrons. The first kappa shape index (κ1) is 13.4. The number of piperidine rings is 1. The van der Waals surface area contributed by atoms with Crippen molar-refractivity contribution in [2.75, 3.05) is 6.54 Å². The molecule has 0 bridgehead atoms. The molecule has 1 aliphatic carbocycles. The zero-order valence-electron chi connectivity index (χ0n) is 11.8. The molecule has 1 saturated heterocycles. The molecule has 1 aliphatic heterocycles.